The van der Waals surface area contributed by atoms with Crippen molar-refractivity contribution in [3.8, 4) is 0 Å². The maximum absolute atomic E-state index is 12.1. The van der Waals surface area contributed by atoms with Gasteiger partial charge in [-0.25, -0.2) is 4.79 Å². The van der Waals surface area contributed by atoms with Crippen molar-refractivity contribution in [2.24, 2.45) is 5.92 Å². The van der Waals surface area contributed by atoms with Crippen LogP contribution in [-0.4, -0.2) is 35.1 Å². The van der Waals surface area contributed by atoms with Gasteiger partial charge in [-0.2, -0.15) is 0 Å². The van der Waals surface area contributed by atoms with Crippen LogP contribution in [0.4, 0.5) is 10.5 Å². The first-order valence-corrected chi connectivity index (χ1v) is 6.90. The quantitative estimate of drug-likeness (QED) is 0.881. The number of nitrogens with zero attached hydrogens (tertiary/aromatic N) is 1. The molecule has 1 aromatic carbocycles. The number of nitrogens with one attached hydrogen (secondary N) is 1. The predicted octanol–water partition coefficient (Wildman–Crippen LogP) is 2.98. The number of rotatable bonds is 2. The zero-order valence-corrected chi connectivity index (χ0v) is 12.0. The first-order chi connectivity index (χ1) is 9.47. The number of hydrogen-bond donors (Lipinski definition) is 2. The average molecular weight is 297 g/mol. The van der Waals surface area contributed by atoms with Gasteiger partial charge >= 0.3 is 12.0 Å². The standard InChI is InChI=1S/C14H17ClN2O3/c1-9-2-3-11(8-12(9)15)16-14(20)17-6-4-10(5-7-17)13(18)19/h2-3,8,10H,4-7H2,1H3,(H,16,20)(H,18,19). The van der Waals surface area contributed by atoms with Crippen molar-refractivity contribution in [2.75, 3.05) is 18.4 Å². The smallest absolute Gasteiger partial charge is 0.321 e. The van der Waals surface area contributed by atoms with Crippen molar-refractivity contribution in [2.45, 2.75) is 19.8 Å². The molecule has 1 fully saturated rings. The Bertz CT molecular complexity index is 525. The number of likely N-dealkylation sites (tertiary alicyclic amines) is 1. The molecule has 1 aliphatic rings. The van der Waals surface area contributed by atoms with Gasteiger partial charge in [0.15, 0.2) is 0 Å². The van der Waals surface area contributed by atoms with Crippen LogP contribution >= 0.6 is 11.6 Å². The van der Waals surface area contributed by atoms with E-state index in [4.69, 9.17) is 16.7 Å². The fourth-order valence-electron chi connectivity index (χ4n) is 2.20. The third-order valence-electron chi connectivity index (χ3n) is 3.55. The van der Waals surface area contributed by atoms with E-state index in [1.54, 1.807) is 17.0 Å². The molecular formula is C14H17ClN2O3. The topological polar surface area (TPSA) is 69.6 Å². The summed E-state index contributed by atoms with van der Waals surface area (Å²) in [6.07, 6.45) is 0.995. The van der Waals surface area contributed by atoms with Crippen LogP contribution in [0.2, 0.25) is 5.02 Å². The van der Waals surface area contributed by atoms with Gasteiger partial charge < -0.3 is 15.3 Å². The Morgan fingerprint density at radius 3 is 2.55 bits per heavy atom. The van der Waals surface area contributed by atoms with E-state index in [1.165, 1.54) is 0 Å². The second-order valence-electron chi connectivity index (χ2n) is 4.99. The zero-order valence-electron chi connectivity index (χ0n) is 11.2. The number of halogens is 1. The number of hydrogen-bond acceptors (Lipinski definition) is 2. The van der Waals surface area contributed by atoms with Crippen LogP contribution in [0, 0.1) is 12.8 Å². The fourth-order valence-corrected chi connectivity index (χ4v) is 2.38. The molecular weight excluding hydrogens is 280 g/mol. The van der Waals surface area contributed by atoms with Gasteiger partial charge in [0.25, 0.3) is 0 Å². The van der Waals surface area contributed by atoms with Gasteiger partial charge in [0.2, 0.25) is 0 Å². The lowest BCUT2D eigenvalue weighted by molar-refractivity contribution is -0.143. The summed E-state index contributed by atoms with van der Waals surface area (Å²) in [4.78, 5) is 24.6. The number of aryl methyl sites for hydroxylation is 1. The Kier molecular flexibility index (Phi) is 4.49. The molecule has 1 heterocycles. The van der Waals surface area contributed by atoms with Crippen LogP contribution in [0.3, 0.4) is 0 Å². The van der Waals surface area contributed by atoms with Crippen LogP contribution < -0.4 is 5.32 Å². The summed E-state index contributed by atoms with van der Waals surface area (Å²) in [5, 5.41) is 12.3. The van der Waals surface area contributed by atoms with E-state index in [0.717, 1.165) is 5.56 Å². The van der Waals surface area contributed by atoms with Crippen LogP contribution in [0.25, 0.3) is 0 Å². The van der Waals surface area contributed by atoms with Crippen molar-refractivity contribution in [3.63, 3.8) is 0 Å². The highest BCUT2D eigenvalue weighted by Crippen LogP contribution is 2.22. The van der Waals surface area contributed by atoms with Crippen LogP contribution in [0.1, 0.15) is 18.4 Å². The van der Waals surface area contributed by atoms with Crippen molar-refractivity contribution in [1.82, 2.24) is 4.90 Å². The Labute approximate surface area is 122 Å². The minimum Gasteiger partial charge on any atom is -0.481 e. The van der Waals surface area contributed by atoms with Gasteiger partial charge in [-0.15, -0.1) is 0 Å². The molecule has 0 atom stereocenters. The summed E-state index contributed by atoms with van der Waals surface area (Å²) in [5.41, 5.74) is 1.60. The normalized spacial score (nSPS) is 16.0. The summed E-state index contributed by atoms with van der Waals surface area (Å²) in [6.45, 7) is 2.81. The highest BCUT2D eigenvalue weighted by Gasteiger charge is 2.26. The number of aliphatic carboxylic acids is 1. The lowest BCUT2D eigenvalue weighted by atomic mass is 9.97. The van der Waals surface area contributed by atoms with Gasteiger partial charge in [0, 0.05) is 23.8 Å². The molecule has 2 rings (SSSR count). The first-order valence-electron chi connectivity index (χ1n) is 6.52. The Hall–Kier alpha value is -1.75. The molecule has 20 heavy (non-hydrogen) atoms. The van der Waals surface area contributed by atoms with E-state index in [1.807, 2.05) is 13.0 Å². The lowest BCUT2D eigenvalue weighted by Crippen LogP contribution is -2.42. The minimum atomic E-state index is -0.782. The van der Waals surface area contributed by atoms with E-state index in [9.17, 15) is 9.59 Å². The number of carbonyl (C=O) groups is 2. The van der Waals surface area contributed by atoms with E-state index >= 15 is 0 Å². The molecule has 0 aliphatic carbocycles. The summed E-state index contributed by atoms with van der Waals surface area (Å²) in [6, 6.07) is 5.13. The molecule has 0 saturated carbocycles. The fraction of sp³-hybridized carbons (Fsp3) is 0.429. The van der Waals surface area contributed by atoms with Gasteiger partial charge in [-0.05, 0) is 37.5 Å². The van der Waals surface area contributed by atoms with Gasteiger partial charge in [0.1, 0.15) is 0 Å². The molecule has 108 valence electrons. The number of urea groups is 1. The number of anilines is 1. The van der Waals surface area contributed by atoms with Crippen molar-refractivity contribution >= 4 is 29.3 Å². The molecule has 6 heteroatoms. The summed E-state index contributed by atoms with van der Waals surface area (Å²) >= 11 is 6.01. The largest absolute Gasteiger partial charge is 0.481 e. The summed E-state index contributed by atoms with van der Waals surface area (Å²) < 4.78 is 0. The molecule has 0 spiro atoms. The number of carboxylic acids is 1. The SMILES string of the molecule is Cc1ccc(NC(=O)N2CCC(C(=O)O)CC2)cc1Cl. The van der Waals surface area contributed by atoms with E-state index in [2.05, 4.69) is 5.32 Å². The first kappa shape index (κ1) is 14.7. The van der Waals surface area contributed by atoms with Gasteiger partial charge in [-0.1, -0.05) is 17.7 Å². The number of benzene rings is 1. The van der Waals surface area contributed by atoms with Crippen molar-refractivity contribution in [3.05, 3.63) is 28.8 Å². The number of carboxylic acid groups (broad SMARTS) is 1. The second-order valence-corrected chi connectivity index (χ2v) is 5.40. The second kappa shape index (κ2) is 6.13. The molecule has 0 aromatic heterocycles. The van der Waals surface area contributed by atoms with Gasteiger partial charge in [-0.3, -0.25) is 4.79 Å². The maximum Gasteiger partial charge on any atom is 0.321 e. The molecule has 0 radical (unpaired) electrons. The molecule has 2 amide bonds. The number of piperidine rings is 1. The molecule has 0 unspecified atom stereocenters. The van der Waals surface area contributed by atoms with Crippen molar-refractivity contribution in [1.29, 1.82) is 0 Å². The van der Waals surface area contributed by atoms with Gasteiger partial charge in [0.05, 0.1) is 5.92 Å². The third-order valence-corrected chi connectivity index (χ3v) is 3.96. The summed E-state index contributed by atoms with van der Waals surface area (Å²) in [7, 11) is 0. The van der Waals surface area contributed by atoms with E-state index < -0.39 is 5.97 Å². The third kappa shape index (κ3) is 3.42. The number of amides is 2. The Balaban J connectivity index is 1.92. The molecule has 2 N–H and O–H groups in total. The average Bonchev–Trinajstić information content (AvgIpc) is 2.43. The molecule has 0 bridgehead atoms. The predicted molar refractivity (Wildman–Crippen MR) is 77.1 cm³/mol. The minimum absolute atomic E-state index is 0.214. The lowest BCUT2D eigenvalue weighted by Gasteiger charge is -2.30. The van der Waals surface area contributed by atoms with Crippen molar-refractivity contribution < 1.29 is 14.7 Å². The van der Waals surface area contributed by atoms with Crippen LogP contribution in [0.5, 0.6) is 0 Å². The van der Waals surface area contributed by atoms with Crippen LogP contribution in [-0.2, 0) is 4.79 Å². The zero-order chi connectivity index (χ0) is 14.7. The monoisotopic (exact) mass is 296 g/mol. The maximum atomic E-state index is 12.1. The molecule has 1 saturated heterocycles. The Morgan fingerprint density at radius 2 is 2.00 bits per heavy atom. The van der Waals surface area contributed by atoms with E-state index in [0.29, 0.717) is 36.6 Å². The Morgan fingerprint density at radius 1 is 1.35 bits per heavy atom. The molecule has 1 aliphatic heterocycles. The summed E-state index contributed by atoms with van der Waals surface area (Å²) in [5.74, 6) is -1.12. The highest BCUT2D eigenvalue weighted by molar-refractivity contribution is 6.31. The van der Waals surface area contributed by atoms with E-state index in [-0.39, 0.29) is 11.9 Å². The molecule has 5 nitrogen and oxygen atoms in total. The number of carbonyl (C=O) groups excluding carboxylic acids is 1. The van der Waals surface area contributed by atoms with Crippen LogP contribution in [0.15, 0.2) is 18.2 Å². The highest BCUT2D eigenvalue weighted by atomic mass is 35.5. The molecule has 1 aromatic rings.